The molecule has 2 rings (SSSR count). The van der Waals surface area contributed by atoms with Crippen molar-refractivity contribution in [1.29, 1.82) is 0 Å². The average Bonchev–Trinajstić information content (AvgIpc) is 2.31. The number of nitrogens with zero attached hydrogens (tertiary/aromatic N) is 1. The lowest BCUT2D eigenvalue weighted by Gasteiger charge is -2.10. The Morgan fingerprint density at radius 1 is 1.18 bits per heavy atom. The van der Waals surface area contributed by atoms with Gasteiger partial charge in [0, 0.05) is 10.2 Å². The summed E-state index contributed by atoms with van der Waals surface area (Å²) in [6.45, 7) is 2.14. The Morgan fingerprint density at radius 3 is 2.71 bits per heavy atom. The normalized spacial score (nSPS) is 10.3. The minimum atomic E-state index is 0.831. The lowest BCUT2D eigenvalue weighted by molar-refractivity contribution is 1.13. The molecule has 0 unspecified atom stereocenters. The first-order valence-electron chi connectivity index (χ1n) is 5.37. The molecule has 0 saturated carbocycles. The third-order valence-electron chi connectivity index (χ3n) is 2.43. The van der Waals surface area contributed by atoms with E-state index in [2.05, 4.69) is 61.2 Å². The molecule has 4 heteroatoms. The first kappa shape index (κ1) is 12.6. The molecular formula is C13H12Br2N2. The molecule has 0 aliphatic heterocycles. The lowest BCUT2D eigenvalue weighted by Crippen LogP contribution is -1.97. The molecule has 1 aromatic heterocycles. The maximum atomic E-state index is 4.36. The van der Waals surface area contributed by atoms with Crippen molar-refractivity contribution in [3.8, 4) is 0 Å². The van der Waals surface area contributed by atoms with Crippen LogP contribution in [0, 0.1) is 0 Å². The predicted molar refractivity (Wildman–Crippen MR) is 78.7 cm³/mol. The van der Waals surface area contributed by atoms with E-state index in [-0.39, 0.29) is 0 Å². The van der Waals surface area contributed by atoms with Gasteiger partial charge in [-0.15, -0.1) is 0 Å². The van der Waals surface area contributed by atoms with Gasteiger partial charge in [0.2, 0.25) is 0 Å². The monoisotopic (exact) mass is 354 g/mol. The zero-order valence-corrected chi connectivity index (χ0v) is 12.5. The number of aryl methyl sites for hydroxylation is 1. The Bertz CT molecular complexity index is 527. The van der Waals surface area contributed by atoms with Crippen LogP contribution in [-0.2, 0) is 6.42 Å². The Labute approximate surface area is 118 Å². The summed E-state index contributed by atoms with van der Waals surface area (Å²) >= 11 is 6.85. The van der Waals surface area contributed by atoms with Gasteiger partial charge in [-0.2, -0.15) is 0 Å². The number of anilines is 2. The van der Waals surface area contributed by atoms with Crippen LogP contribution >= 0.6 is 31.9 Å². The second-order valence-electron chi connectivity index (χ2n) is 3.63. The molecule has 2 aromatic rings. The summed E-state index contributed by atoms with van der Waals surface area (Å²) in [7, 11) is 0. The first-order valence-corrected chi connectivity index (χ1v) is 6.95. The van der Waals surface area contributed by atoms with E-state index in [1.54, 1.807) is 0 Å². The van der Waals surface area contributed by atoms with Crippen LogP contribution in [0.4, 0.5) is 11.5 Å². The summed E-state index contributed by atoms with van der Waals surface area (Å²) in [5, 5.41) is 3.33. The van der Waals surface area contributed by atoms with Crippen LogP contribution in [0.3, 0.4) is 0 Å². The van der Waals surface area contributed by atoms with Gasteiger partial charge in [0.05, 0.1) is 0 Å². The molecular weight excluding hydrogens is 344 g/mol. The van der Waals surface area contributed by atoms with E-state index in [1.807, 2.05) is 24.3 Å². The number of aromatic nitrogens is 1. The summed E-state index contributed by atoms with van der Waals surface area (Å²) in [4.78, 5) is 4.36. The van der Waals surface area contributed by atoms with Gasteiger partial charge >= 0.3 is 0 Å². The maximum absolute atomic E-state index is 4.36. The van der Waals surface area contributed by atoms with Crippen LogP contribution in [0.1, 0.15) is 12.5 Å². The molecule has 0 radical (unpaired) electrons. The fraction of sp³-hybridized carbons (Fsp3) is 0.154. The van der Waals surface area contributed by atoms with Crippen LogP contribution in [0.5, 0.6) is 0 Å². The fourth-order valence-electron chi connectivity index (χ4n) is 1.59. The molecule has 17 heavy (non-hydrogen) atoms. The van der Waals surface area contributed by atoms with Crippen molar-refractivity contribution in [3.63, 3.8) is 0 Å². The molecule has 0 aliphatic rings. The Balaban J connectivity index is 2.29. The van der Waals surface area contributed by atoms with Crippen molar-refractivity contribution in [1.82, 2.24) is 4.98 Å². The number of hydrogen-bond acceptors (Lipinski definition) is 2. The van der Waals surface area contributed by atoms with E-state index in [0.29, 0.717) is 0 Å². The molecule has 88 valence electrons. The molecule has 0 saturated heterocycles. The van der Waals surface area contributed by atoms with E-state index >= 15 is 0 Å². The molecule has 1 heterocycles. The van der Waals surface area contributed by atoms with Gasteiger partial charge in [-0.05, 0) is 58.2 Å². The van der Waals surface area contributed by atoms with Crippen molar-refractivity contribution in [2.24, 2.45) is 0 Å². The van der Waals surface area contributed by atoms with Gasteiger partial charge < -0.3 is 5.32 Å². The Hall–Kier alpha value is -0.870. The van der Waals surface area contributed by atoms with Crippen molar-refractivity contribution < 1.29 is 0 Å². The van der Waals surface area contributed by atoms with Crippen molar-refractivity contribution in [2.75, 3.05) is 5.32 Å². The van der Waals surface area contributed by atoms with E-state index in [4.69, 9.17) is 0 Å². The van der Waals surface area contributed by atoms with E-state index in [0.717, 1.165) is 27.0 Å². The minimum Gasteiger partial charge on any atom is -0.340 e. The van der Waals surface area contributed by atoms with Gasteiger partial charge in [-0.3, -0.25) is 0 Å². The summed E-state index contributed by atoms with van der Waals surface area (Å²) < 4.78 is 1.93. The number of hydrogen-bond donors (Lipinski definition) is 1. The summed E-state index contributed by atoms with van der Waals surface area (Å²) in [6, 6.07) is 12.0. The smallest absolute Gasteiger partial charge is 0.131 e. The highest BCUT2D eigenvalue weighted by Gasteiger charge is 2.03. The molecule has 0 amide bonds. The molecule has 0 fully saturated rings. The topological polar surface area (TPSA) is 24.9 Å². The third-order valence-corrected chi connectivity index (χ3v) is 3.36. The van der Waals surface area contributed by atoms with Crippen molar-refractivity contribution >= 4 is 43.4 Å². The molecule has 0 spiro atoms. The van der Waals surface area contributed by atoms with Gasteiger partial charge in [-0.1, -0.05) is 28.9 Å². The number of benzene rings is 1. The molecule has 2 nitrogen and oxygen atoms in total. The highest BCUT2D eigenvalue weighted by Crippen LogP contribution is 2.24. The zero-order valence-electron chi connectivity index (χ0n) is 9.37. The largest absolute Gasteiger partial charge is 0.340 e. The number of pyridine rings is 1. The third kappa shape index (κ3) is 3.30. The number of nitrogens with one attached hydrogen (secondary N) is 1. The minimum absolute atomic E-state index is 0.831. The predicted octanol–water partition coefficient (Wildman–Crippen LogP) is 4.91. The van der Waals surface area contributed by atoms with Crippen LogP contribution in [0.2, 0.25) is 0 Å². The SMILES string of the molecule is CCc1cc(Br)ccc1Nc1cccc(Br)n1. The second kappa shape index (κ2) is 5.65. The molecule has 1 N–H and O–H groups in total. The van der Waals surface area contributed by atoms with Crippen LogP contribution in [0.25, 0.3) is 0 Å². The van der Waals surface area contributed by atoms with Gasteiger partial charge in [-0.25, -0.2) is 4.98 Å². The van der Waals surface area contributed by atoms with Crippen molar-refractivity contribution in [3.05, 3.63) is 51.0 Å². The second-order valence-corrected chi connectivity index (χ2v) is 5.35. The molecule has 0 bridgehead atoms. The highest BCUT2D eigenvalue weighted by atomic mass is 79.9. The first-order chi connectivity index (χ1) is 8.19. The highest BCUT2D eigenvalue weighted by molar-refractivity contribution is 9.10. The molecule has 1 aromatic carbocycles. The maximum Gasteiger partial charge on any atom is 0.131 e. The Morgan fingerprint density at radius 2 is 2.00 bits per heavy atom. The molecule has 0 aliphatic carbocycles. The van der Waals surface area contributed by atoms with Crippen LogP contribution < -0.4 is 5.32 Å². The van der Waals surface area contributed by atoms with Gasteiger partial charge in [0.25, 0.3) is 0 Å². The quantitative estimate of drug-likeness (QED) is 0.791. The standard InChI is InChI=1S/C13H12Br2N2/c1-2-9-8-10(14)6-7-11(9)16-13-5-3-4-12(15)17-13/h3-8H,2H2,1H3,(H,16,17). The molecule has 0 atom stereocenters. The lowest BCUT2D eigenvalue weighted by atomic mass is 10.1. The number of halogens is 2. The number of rotatable bonds is 3. The van der Waals surface area contributed by atoms with Crippen molar-refractivity contribution in [2.45, 2.75) is 13.3 Å². The zero-order chi connectivity index (χ0) is 12.3. The van der Waals surface area contributed by atoms with E-state index in [1.165, 1.54) is 5.56 Å². The summed E-state index contributed by atoms with van der Waals surface area (Å²) in [5.41, 5.74) is 2.36. The van der Waals surface area contributed by atoms with Gasteiger partial charge in [0.15, 0.2) is 0 Å². The van der Waals surface area contributed by atoms with Gasteiger partial charge in [0.1, 0.15) is 10.4 Å². The summed E-state index contributed by atoms with van der Waals surface area (Å²) in [5.74, 6) is 0.844. The van der Waals surface area contributed by atoms with E-state index in [9.17, 15) is 0 Å². The fourth-order valence-corrected chi connectivity index (χ4v) is 2.34. The van der Waals surface area contributed by atoms with Crippen LogP contribution in [-0.4, -0.2) is 4.98 Å². The van der Waals surface area contributed by atoms with Crippen LogP contribution in [0.15, 0.2) is 45.5 Å². The Kier molecular flexibility index (Phi) is 4.18. The average molecular weight is 356 g/mol. The van der Waals surface area contributed by atoms with E-state index < -0.39 is 0 Å². The summed E-state index contributed by atoms with van der Waals surface area (Å²) in [6.07, 6.45) is 0.982.